The highest BCUT2D eigenvalue weighted by Gasteiger charge is 2.05. The van der Waals surface area contributed by atoms with Gasteiger partial charge in [0.15, 0.2) is 0 Å². The van der Waals surface area contributed by atoms with Gasteiger partial charge < -0.3 is 15.1 Å². The van der Waals surface area contributed by atoms with Crippen LogP contribution in [0.5, 0.6) is 0 Å². The molecule has 1 aromatic carbocycles. The second-order valence-electron chi connectivity index (χ2n) is 3.75. The Morgan fingerprint density at radius 2 is 2.26 bits per heavy atom. The number of nitrogens with one attached hydrogen (secondary N) is 2. The van der Waals surface area contributed by atoms with Crippen LogP contribution in [0, 0.1) is 11.3 Å². The van der Waals surface area contributed by atoms with Gasteiger partial charge in [-0.15, -0.1) is 0 Å². The van der Waals surface area contributed by atoms with Gasteiger partial charge in [-0.3, -0.25) is 0 Å². The number of carbonyl (C=O) groups is 1. The van der Waals surface area contributed by atoms with E-state index in [1.165, 1.54) is 12.3 Å². The third kappa shape index (κ3) is 3.50. The van der Waals surface area contributed by atoms with E-state index in [1.807, 2.05) is 6.07 Å². The van der Waals surface area contributed by atoms with E-state index in [2.05, 4.69) is 10.6 Å². The fourth-order valence-corrected chi connectivity index (χ4v) is 1.66. The first-order valence-electron chi connectivity index (χ1n) is 5.44. The first-order valence-corrected chi connectivity index (χ1v) is 5.82. The topological polar surface area (TPSA) is 78.1 Å². The molecule has 19 heavy (non-hydrogen) atoms. The zero-order valence-electron chi connectivity index (χ0n) is 9.81. The van der Waals surface area contributed by atoms with Crippen LogP contribution in [-0.4, -0.2) is 6.03 Å². The van der Waals surface area contributed by atoms with Gasteiger partial charge in [-0.25, -0.2) is 4.79 Å². The molecule has 0 aliphatic heterocycles. The maximum absolute atomic E-state index is 11.6. The van der Waals surface area contributed by atoms with Crippen LogP contribution in [-0.2, 0) is 6.54 Å². The number of halogens is 1. The van der Waals surface area contributed by atoms with Crippen LogP contribution in [0.1, 0.15) is 11.1 Å². The highest BCUT2D eigenvalue weighted by Crippen LogP contribution is 2.20. The zero-order valence-corrected chi connectivity index (χ0v) is 10.6. The van der Waals surface area contributed by atoms with Gasteiger partial charge in [-0.2, -0.15) is 5.26 Å². The van der Waals surface area contributed by atoms with E-state index in [1.54, 1.807) is 24.5 Å². The predicted octanol–water partition coefficient (Wildman–Crippen LogP) is 3.13. The van der Waals surface area contributed by atoms with Crippen LogP contribution < -0.4 is 10.6 Å². The molecule has 1 aromatic heterocycles. The number of urea groups is 1. The number of furan rings is 1. The van der Waals surface area contributed by atoms with Crippen LogP contribution in [0.2, 0.25) is 5.02 Å². The van der Waals surface area contributed by atoms with E-state index < -0.39 is 0 Å². The number of nitriles is 1. The summed E-state index contributed by atoms with van der Waals surface area (Å²) in [6.45, 7) is 0.367. The van der Waals surface area contributed by atoms with Crippen molar-refractivity contribution in [2.24, 2.45) is 0 Å². The summed E-state index contributed by atoms with van der Waals surface area (Å²) in [4.78, 5) is 11.6. The zero-order chi connectivity index (χ0) is 13.7. The Labute approximate surface area is 114 Å². The number of amides is 2. The summed E-state index contributed by atoms with van der Waals surface area (Å²) in [6, 6.07) is 8.04. The van der Waals surface area contributed by atoms with Crippen molar-refractivity contribution in [3.63, 3.8) is 0 Å². The fraction of sp³-hybridized carbons (Fsp3) is 0.0769. The summed E-state index contributed by atoms with van der Waals surface area (Å²) >= 11 is 5.86. The quantitative estimate of drug-likeness (QED) is 0.903. The smallest absolute Gasteiger partial charge is 0.319 e. The number of hydrogen-bond acceptors (Lipinski definition) is 3. The Kier molecular flexibility index (Phi) is 4.06. The Hall–Kier alpha value is -2.45. The predicted molar refractivity (Wildman–Crippen MR) is 70.7 cm³/mol. The standard InChI is InChI=1S/C13H10ClN3O2/c14-12-5-11(2-1-10(12)6-15)17-13(18)16-7-9-3-4-19-8-9/h1-5,8H,7H2,(H2,16,17,18). The van der Waals surface area contributed by atoms with E-state index in [0.717, 1.165) is 5.56 Å². The van der Waals surface area contributed by atoms with Crippen molar-refractivity contribution < 1.29 is 9.21 Å². The molecule has 0 spiro atoms. The lowest BCUT2D eigenvalue weighted by Crippen LogP contribution is -2.27. The third-order valence-electron chi connectivity index (χ3n) is 2.38. The number of hydrogen-bond donors (Lipinski definition) is 2. The lowest BCUT2D eigenvalue weighted by Gasteiger charge is -2.07. The van der Waals surface area contributed by atoms with Crippen LogP contribution in [0.3, 0.4) is 0 Å². The molecule has 6 heteroatoms. The molecule has 2 rings (SSSR count). The molecule has 0 atom stereocenters. The van der Waals surface area contributed by atoms with Crippen molar-refractivity contribution in [1.29, 1.82) is 5.26 Å². The average molecular weight is 276 g/mol. The van der Waals surface area contributed by atoms with Gasteiger partial charge in [-0.1, -0.05) is 11.6 Å². The van der Waals surface area contributed by atoms with Crippen molar-refractivity contribution in [2.45, 2.75) is 6.54 Å². The highest BCUT2D eigenvalue weighted by molar-refractivity contribution is 6.32. The van der Waals surface area contributed by atoms with Crippen LogP contribution in [0.4, 0.5) is 10.5 Å². The summed E-state index contributed by atoms with van der Waals surface area (Å²) in [5.41, 5.74) is 1.76. The summed E-state index contributed by atoms with van der Waals surface area (Å²) in [6.07, 6.45) is 3.09. The highest BCUT2D eigenvalue weighted by atomic mass is 35.5. The molecular weight excluding hydrogens is 266 g/mol. The lowest BCUT2D eigenvalue weighted by molar-refractivity contribution is 0.251. The number of anilines is 1. The number of benzene rings is 1. The molecule has 0 aliphatic rings. The van der Waals surface area contributed by atoms with Gasteiger partial charge in [-0.05, 0) is 24.3 Å². The molecule has 2 amide bonds. The number of carbonyl (C=O) groups excluding carboxylic acids is 1. The molecule has 0 unspecified atom stereocenters. The van der Waals surface area contributed by atoms with Crippen molar-refractivity contribution in [3.05, 3.63) is 52.9 Å². The Morgan fingerprint density at radius 3 is 2.89 bits per heavy atom. The maximum Gasteiger partial charge on any atom is 0.319 e. The van der Waals surface area contributed by atoms with Crippen LogP contribution >= 0.6 is 11.6 Å². The number of rotatable bonds is 3. The van der Waals surface area contributed by atoms with Gasteiger partial charge in [0.25, 0.3) is 0 Å². The third-order valence-corrected chi connectivity index (χ3v) is 2.69. The molecule has 0 aliphatic carbocycles. The van der Waals surface area contributed by atoms with Crippen molar-refractivity contribution >= 4 is 23.3 Å². The summed E-state index contributed by atoms with van der Waals surface area (Å²) in [7, 11) is 0. The molecule has 2 N–H and O–H groups in total. The van der Waals surface area contributed by atoms with Gasteiger partial charge in [0.1, 0.15) is 6.07 Å². The van der Waals surface area contributed by atoms with Crippen LogP contribution in [0.25, 0.3) is 0 Å². The largest absolute Gasteiger partial charge is 0.472 e. The molecule has 5 nitrogen and oxygen atoms in total. The van der Waals surface area contributed by atoms with E-state index >= 15 is 0 Å². The fourth-order valence-electron chi connectivity index (χ4n) is 1.43. The minimum atomic E-state index is -0.359. The Bertz CT molecular complexity index is 617. The normalized spacial score (nSPS) is 9.68. The van der Waals surface area contributed by atoms with Crippen molar-refractivity contribution in [2.75, 3.05) is 5.32 Å². The first kappa shape index (κ1) is 13.0. The molecule has 2 aromatic rings. The van der Waals surface area contributed by atoms with E-state index in [9.17, 15) is 4.79 Å². The average Bonchev–Trinajstić information content (AvgIpc) is 2.90. The minimum Gasteiger partial charge on any atom is -0.472 e. The molecule has 96 valence electrons. The van der Waals surface area contributed by atoms with Crippen LogP contribution in [0.15, 0.2) is 41.2 Å². The second-order valence-corrected chi connectivity index (χ2v) is 4.15. The summed E-state index contributed by atoms with van der Waals surface area (Å²) in [5, 5.41) is 14.3. The minimum absolute atomic E-state index is 0.301. The van der Waals surface area contributed by atoms with Gasteiger partial charge >= 0.3 is 6.03 Å². The lowest BCUT2D eigenvalue weighted by atomic mass is 10.2. The monoisotopic (exact) mass is 275 g/mol. The van der Waals surface area contributed by atoms with Gasteiger partial charge in [0.05, 0.1) is 23.1 Å². The first-order chi connectivity index (χ1) is 9.19. The number of nitrogens with zero attached hydrogens (tertiary/aromatic N) is 1. The summed E-state index contributed by atoms with van der Waals surface area (Å²) < 4.78 is 4.89. The molecule has 0 saturated heterocycles. The molecule has 0 saturated carbocycles. The Balaban J connectivity index is 1.92. The molecular formula is C13H10ClN3O2. The van der Waals surface area contributed by atoms with Crippen molar-refractivity contribution in [1.82, 2.24) is 5.32 Å². The van der Waals surface area contributed by atoms with Crippen molar-refractivity contribution in [3.8, 4) is 6.07 Å². The van der Waals surface area contributed by atoms with Gasteiger partial charge in [0.2, 0.25) is 0 Å². The molecule has 1 heterocycles. The second kappa shape index (κ2) is 5.94. The van der Waals surface area contributed by atoms with E-state index in [4.69, 9.17) is 21.3 Å². The summed E-state index contributed by atoms with van der Waals surface area (Å²) in [5.74, 6) is 0. The maximum atomic E-state index is 11.6. The SMILES string of the molecule is N#Cc1ccc(NC(=O)NCc2ccoc2)cc1Cl. The molecule has 0 bridgehead atoms. The van der Waals surface area contributed by atoms with E-state index in [-0.39, 0.29) is 6.03 Å². The Morgan fingerprint density at radius 1 is 1.42 bits per heavy atom. The van der Waals surface area contributed by atoms with E-state index in [0.29, 0.717) is 22.8 Å². The molecule has 0 radical (unpaired) electrons. The molecule has 0 fully saturated rings. The van der Waals surface area contributed by atoms with Gasteiger partial charge in [0, 0.05) is 17.8 Å².